The molecule has 0 amide bonds. The van der Waals surface area contributed by atoms with E-state index in [-0.39, 0.29) is 17.0 Å². The summed E-state index contributed by atoms with van der Waals surface area (Å²) in [5, 5.41) is 0. The minimum absolute atomic E-state index is 0.226. The van der Waals surface area contributed by atoms with Crippen molar-refractivity contribution < 1.29 is 22.6 Å². The molecule has 1 saturated heterocycles. The summed E-state index contributed by atoms with van der Waals surface area (Å²) in [4.78, 5) is 2.24. The van der Waals surface area contributed by atoms with Gasteiger partial charge in [-0.2, -0.15) is 0 Å². The summed E-state index contributed by atoms with van der Waals surface area (Å²) in [5.74, 6) is 0.662. The van der Waals surface area contributed by atoms with Crippen LogP contribution in [0.5, 0.6) is 5.75 Å². The number of nitrogens with one attached hydrogen (secondary N) is 1. The summed E-state index contributed by atoms with van der Waals surface area (Å²) in [7, 11) is 1.86. The monoisotopic (exact) mass is 372 g/mol. The van der Waals surface area contributed by atoms with Crippen molar-refractivity contribution >= 4 is 10.0 Å². The fourth-order valence-electron chi connectivity index (χ4n) is 2.68. The van der Waals surface area contributed by atoms with E-state index in [0.29, 0.717) is 32.0 Å². The molecule has 1 aliphatic rings. The van der Waals surface area contributed by atoms with Crippen LogP contribution in [0.2, 0.25) is 0 Å². The Balaban J connectivity index is 2.07. The Labute approximate surface area is 150 Å². The van der Waals surface area contributed by atoms with E-state index in [1.165, 1.54) is 0 Å². The molecule has 2 rings (SSSR count). The Morgan fingerprint density at radius 2 is 2.12 bits per heavy atom. The second-order valence-electron chi connectivity index (χ2n) is 6.44. The molecule has 7 nitrogen and oxygen atoms in total. The quantitative estimate of drug-likeness (QED) is 0.734. The second-order valence-corrected chi connectivity index (χ2v) is 8.15. The maximum atomic E-state index is 12.7. The zero-order valence-corrected chi connectivity index (χ0v) is 16.1. The molecular weight excluding hydrogens is 344 g/mol. The number of nitrogens with zero attached hydrogens (tertiary/aromatic N) is 1. The molecule has 0 aromatic heterocycles. The van der Waals surface area contributed by atoms with E-state index in [1.54, 1.807) is 25.3 Å². The second kappa shape index (κ2) is 8.95. The van der Waals surface area contributed by atoms with E-state index in [9.17, 15) is 8.42 Å². The average Bonchev–Trinajstić information content (AvgIpc) is 2.55. The number of benzene rings is 1. The lowest BCUT2D eigenvalue weighted by atomic mass is 10.1. The van der Waals surface area contributed by atoms with E-state index < -0.39 is 10.0 Å². The molecule has 25 heavy (non-hydrogen) atoms. The molecular formula is C17H28N2O5S. The lowest BCUT2D eigenvalue weighted by Gasteiger charge is -2.32. The van der Waals surface area contributed by atoms with Crippen LogP contribution in [0.3, 0.4) is 0 Å². The first-order chi connectivity index (χ1) is 11.8. The highest BCUT2D eigenvalue weighted by atomic mass is 32.2. The molecule has 0 aliphatic carbocycles. The zero-order chi connectivity index (χ0) is 18.4. The molecule has 0 unspecified atom stereocenters. The highest BCUT2D eigenvalue weighted by Crippen LogP contribution is 2.22. The van der Waals surface area contributed by atoms with Gasteiger partial charge in [0.15, 0.2) is 0 Å². The van der Waals surface area contributed by atoms with Gasteiger partial charge in [-0.25, -0.2) is 13.1 Å². The summed E-state index contributed by atoms with van der Waals surface area (Å²) >= 11 is 0. The molecule has 1 aromatic rings. The van der Waals surface area contributed by atoms with Gasteiger partial charge >= 0.3 is 0 Å². The number of likely N-dealkylation sites (N-methyl/N-ethyl adjacent to an activating group) is 1. The molecule has 1 aliphatic heterocycles. The van der Waals surface area contributed by atoms with Gasteiger partial charge in [0.2, 0.25) is 10.0 Å². The number of aryl methyl sites for hydroxylation is 1. The van der Waals surface area contributed by atoms with Gasteiger partial charge in [-0.1, -0.05) is 0 Å². The van der Waals surface area contributed by atoms with Gasteiger partial charge < -0.3 is 19.1 Å². The number of methoxy groups -OCH3 is 1. The first-order valence-electron chi connectivity index (χ1n) is 8.34. The third-order valence-electron chi connectivity index (χ3n) is 4.16. The Morgan fingerprint density at radius 1 is 1.36 bits per heavy atom. The topological polar surface area (TPSA) is 77.1 Å². The van der Waals surface area contributed by atoms with E-state index >= 15 is 0 Å². The van der Waals surface area contributed by atoms with Crippen molar-refractivity contribution in [1.82, 2.24) is 9.62 Å². The summed E-state index contributed by atoms with van der Waals surface area (Å²) in [6, 6.07) is 4.53. The highest BCUT2D eigenvalue weighted by Gasteiger charge is 2.31. The number of hydrogen-bond donors (Lipinski definition) is 1. The molecule has 0 spiro atoms. The fourth-order valence-corrected chi connectivity index (χ4v) is 4.07. The summed E-state index contributed by atoms with van der Waals surface area (Å²) in [5.41, 5.74) is 0.774. The van der Waals surface area contributed by atoms with E-state index in [1.807, 2.05) is 25.9 Å². The number of hydrogen-bond acceptors (Lipinski definition) is 6. The van der Waals surface area contributed by atoms with Crippen LogP contribution in [0.1, 0.15) is 12.0 Å². The Morgan fingerprint density at radius 3 is 2.76 bits per heavy atom. The van der Waals surface area contributed by atoms with Crippen molar-refractivity contribution in [2.75, 3.05) is 47.6 Å². The normalized spacial score (nSPS) is 21.5. The van der Waals surface area contributed by atoms with Crippen LogP contribution in [-0.2, 0) is 19.5 Å². The van der Waals surface area contributed by atoms with Gasteiger partial charge in [-0.05, 0) is 51.2 Å². The molecule has 2 atom stereocenters. The first-order valence-corrected chi connectivity index (χ1v) is 9.83. The molecule has 142 valence electrons. The summed E-state index contributed by atoms with van der Waals surface area (Å²) in [6.45, 7) is 4.03. The minimum Gasteiger partial charge on any atom is -0.496 e. The average molecular weight is 372 g/mol. The standard InChI is InChI=1S/C17H28N2O5S/c1-13-11-14(5-6-16(13)22-4)25(20,21)18-15-7-9-23-12-17(15)24-10-8-19(2)3/h5-6,11,15,17-18H,7-10,12H2,1-4H3/t15-,17-/m1/s1. The van der Waals surface area contributed by atoms with Crippen LogP contribution in [-0.4, -0.2) is 73.0 Å². The van der Waals surface area contributed by atoms with Gasteiger partial charge in [-0.3, -0.25) is 0 Å². The van der Waals surface area contributed by atoms with Crippen LogP contribution in [0, 0.1) is 6.92 Å². The smallest absolute Gasteiger partial charge is 0.240 e. The van der Waals surface area contributed by atoms with E-state index in [0.717, 1.165) is 12.1 Å². The maximum Gasteiger partial charge on any atom is 0.240 e. The molecule has 1 fully saturated rings. The molecule has 8 heteroatoms. The Bertz CT molecular complexity index is 663. The van der Waals surface area contributed by atoms with Crippen molar-refractivity contribution in [2.45, 2.75) is 30.4 Å². The third kappa shape index (κ3) is 5.65. The molecule has 1 N–H and O–H groups in total. The van der Waals surface area contributed by atoms with Gasteiger partial charge in [0.25, 0.3) is 0 Å². The minimum atomic E-state index is -3.63. The third-order valence-corrected chi connectivity index (χ3v) is 5.65. The van der Waals surface area contributed by atoms with Gasteiger partial charge in [-0.15, -0.1) is 0 Å². The molecule has 1 heterocycles. The Hall–Kier alpha value is -1.19. The molecule has 1 aromatic carbocycles. The fraction of sp³-hybridized carbons (Fsp3) is 0.647. The number of rotatable bonds is 8. The van der Waals surface area contributed by atoms with Crippen LogP contribution in [0.4, 0.5) is 0 Å². The van der Waals surface area contributed by atoms with Gasteiger partial charge in [0, 0.05) is 13.2 Å². The predicted octanol–water partition coefficient (Wildman–Crippen LogP) is 1.02. The number of sulfonamides is 1. The molecule has 0 bridgehead atoms. The lowest BCUT2D eigenvalue weighted by Crippen LogP contribution is -2.50. The van der Waals surface area contributed by atoms with Crippen molar-refractivity contribution in [3.63, 3.8) is 0 Å². The highest BCUT2D eigenvalue weighted by molar-refractivity contribution is 7.89. The van der Waals surface area contributed by atoms with Gasteiger partial charge in [0.1, 0.15) is 5.75 Å². The Kier molecular flexibility index (Phi) is 7.21. The largest absolute Gasteiger partial charge is 0.496 e. The number of ether oxygens (including phenoxy) is 3. The summed E-state index contributed by atoms with van der Waals surface area (Å²) in [6.07, 6.45) is 0.295. The zero-order valence-electron chi connectivity index (χ0n) is 15.3. The molecule has 0 radical (unpaired) electrons. The first kappa shape index (κ1) is 20.1. The SMILES string of the molecule is COc1ccc(S(=O)(=O)N[C@@H]2CCOC[C@H]2OCCN(C)C)cc1C. The van der Waals surface area contributed by atoms with Gasteiger partial charge in [0.05, 0.1) is 37.4 Å². The molecule has 0 saturated carbocycles. The van der Waals surface area contributed by atoms with Crippen LogP contribution in [0.15, 0.2) is 23.1 Å². The van der Waals surface area contributed by atoms with Crippen molar-refractivity contribution in [3.05, 3.63) is 23.8 Å². The van der Waals surface area contributed by atoms with Crippen molar-refractivity contribution in [1.29, 1.82) is 0 Å². The van der Waals surface area contributed by atoms with Crippen LogP contribution in [0.25, 0.3) is 0 Å². The van der Waals surface area contributed by atoms with E-state index in [2.05, 4.69) is 4.72 Å². The predicted molar refractivity (Wildman–Crippen MR) is 95.6 cm³/mol. The van der Waals surface area contributed by atoms with Crippen LogP contribution >= 0.6 is 0 Å². The van der Waals surface area contributed by atoms with E-state index in [4.69, 9.17) is 14.2 Å². The van der Waals surface area contributed by atoms with Crippen molar-refractivity contribution in [3.8, 4) is 5.75 Å². The maximum absolute atomic E-state index is 12.7. The van der Waals surface area contributed by atoms with Crippen molar-refractivity contribution in [2.24, 2.45) is 0 Å². The summed E-state index contributed by atoms with van der Waals surface area (Å²) < 4.78 is 44.7. The van der Waals surface area contributed by atoms with Crippen LogP contribution < -0.4 is 9.46 Å². The lowest BCUT2D eigenvalue weighted by molar-refractivity contribution is -0.0665.